The number of aliphatic hydroxyl groups is 2. The first-order chi connectivity index (χ1) is 12.0. The Hall–Kier alpha value is -1.90. The molecule has 25 heavy (non-hydrogen) atoms. The van der Waals surface area contributed by atoms with E-state index in [-0.39, 0.29) is 6.61 Å². The fraction of sp³-hybridized carbons (Fsp3) is 0.391. The van der Waals surface area contributed by atoms with Crippen molar-refractivity contribution in [2.45, 2.75) is 58.2 Å². The molecule has 2 rings (SSSR count). The Balaban J connectivity index is 1.80. The summed E-state index contributed by atoms with van der Waals surface area (Å²) in [6.45, 7) is 3.82. The lowest BCUT2D eigenvalue weighted by Gasteiger charge is -2.16. The summed E-state index contributed by atoms with van der Waals surface area (Å²) in [5.41, 5.74) is 4.04. The minimum atomic E-state index is -0.537. The Morgan fingerprint density at radius 3 is 2.24 bits per heavy atom. The molecular weight excluding hydrogens is 308 g/mol. The zero-order chi connectivity index (χ0) is 18.1. The molecule has 0 saturated heterocycles. The highest BCUT2D eigenvalue weighted by Crippen LogP contribution is 2.16. The van der Waals surface area contributed by atoms with Crippen LogP contribution in [0.15, 0.2) is 48.5 Å². The van der Waals surface area contributed by atoms with Crippen LogP contribution >= 0.6 is 0 Å². The number of aryl methyl sites for hydroxylation is 1. The van der Waals surface area contributed by atoms with Gasteiger partial charge in [-0.05, 0) is 61.4 Å². The quantitative estimate of drug-likeness (QED) is 0.486. The molecule has 2 N–H and O–H groups in total. The van der Waals surface area contributed by atoms with Crippen LogP contribution in [0.1, 0.15) is 61.8 Å². The third kappa shape index (κ3) is 7.68. The van der Waals surface area contributed by atoms with Crippen LogP contribution in [0.4, 0.5) is 0 Å². The van der Waals surface area contributed by atoms with Gasteiger partial charge in [0, 0.05) is 0 Å². The lowest BCUT2D eigenvalue weighted by molar-refractivity contribution is 0.0681. The van der Waals surface area contributed by atoms with E-state index < -0.39 is 5.60 Å². The van der Waals surface area contributed by atoms with Crippen LogP contribution in [0.3, 0.4) is 0 Å². The highest BCUT2D eigenvalue weighted by Gasteiger charge is 2.10. The van der Waals surface area contributed by atoms with Gasteiger partial charge in [-0.3, -0.25) is 0 Å². The fourth-order valence-corrected chi connectivity index (χ4v) is 2.85. The van der Waals surface area contributed by atoms with E-state index in [1.54, 1.807) is 0 Å². The molecule has 0 radical (unpaired) electrons. The van der Waals surface area contributed by atoms with Gasteiger partial charge in [-0.1, -0.05) is 67.5 Å². The summed E-state index contributed by atoms with van der Waals surface area (Å²) in [6, 6.07) is 16.6. The van der Waals surface area contributed by atoms with E-state index in [2.05, 4.69) is 36.4 Å². The minimum Gasteiger partial charge on any atom is -0.392 e. The molecule has 0 unspecified atom stereocenters. The van der Waals surface area contributed by atoms with Gasteiger partial charge in [-0.15, -0.1) is 0 Å². The highest BCUT2D eigenvalue weighted by molar-refractivity contribution is 5.69. The zero-order valence-corrected chi connectivity index (χ0v) is 15.4. The monoisotopic (exact) mass is 338 g/mol. The minimum absolute atomic E-state index is 0.0756. The number of benzene rings is 2. The SMILES string of the molecule is CC(C)(O)CCCCCc1ccc(C=Cc2cccc(CO)c2)cc1. The van der Waals surface area contributed by atoms with Crippen molar-refractivity contribution in [1.82, 2.24) is 0 Å². The van der Waals surface area contributed by atoms with Crippen LogP contribution in [0.25, 0.3) is 12.2 Å². The van der Waals surface area contributed by atoms with Crippen molar-refractivity contribution in [3.05, 3.63) is 70.8 Å². The van der Waals surface area contributed by atoms with Crippen LogP contribution < -0.4 is 0 Å². The molecule has 0 aromatic heterocycles. The number of unbranched alkanes of at least 4 members (excludes halogenated alkanes) is 2. The summed E-state index contributed by atoms with van der Waals surface area (Å²) < 4.78 is 0. The molecule has 2 aromatic rings. The summed E-state index contributed by atoms with van der Waals surface area (Å²) in [5, 5.41) is 18.9. The normalized spacial score (nSPS) is 12.0. The molecule has 0 aliphatic carbocycles. The summed E-state index contributed by atoms with van der Waals surface area (Å²) >= 11 is 0. The number of hydrogen-bond donors (Lipinski definition) is 2. The van der Waals surface area contributed by atoms with Crippen LogP contribution in [0.5, 0.6) is 0 Å². The molecule has 0 bridgehead atoms. The van der Waals surface area contributed by atoms with Gasteiger partial charge >= 0.3 is 0 Å². The summed E-state index contributed by atoms with van der Waals surface area (Å²) in [4.78, 5) is 0. The number of aliphatic hydroxyl groups excluding tert-OH is 1. The first-order valence-corrected chi connectivity index (χ1v) is 9.15. The molecule has 134 valence electrons. The molecule has 0 spiro atoms. The van der Waals surface area contributed by atoms with Crippen LogP contribution in [-0.2, 0) is 13.0 Å². The summed E-state index contributed by atoms with van der Waals surface area (Å²) in [7, 11) is 0. The van der Waals surface area contributed by atoms with E-state index >= 15 is 0 Å². The molecular formula is C23H30O2. The molecule has 0 atom stereocenters. The maximum Gasteiger partial charge on any atom is 0.0682 e. The van der Waals surface area contributed by atoms with Crippen molar-refractivity contribution in [1.29, 1.82) is 0 Å². The lowest BCUT2D eigenvalue weighted by Crippen LogP contribution is -2.17. The van der Waals surface area contributed by atoms with Gasteiger partial charge < -0.3 is 10.2 Å². The van der Waals surface area contributed by atoms with Gasteiger partial charge in [-0.2, -0.15) is 0 Å². The molecule has 0 amide bonds. The van der Waals surface area contributed by atoms with E-state index in [0.717, 1.165) is 36.8 Å². The van der Waals surface area contributed by atoms with Crippen LogP contribution in [-0.4, -0.2) is 15.8 Å². The van der Waals surface area contributed by atoms with Crippen molar-refractivity contribution >= 4 is 12.2 Å². The van der Waals surface area contributed by atoms with E-state index in [4.69, 9.17) is 0 Å². The Bertz CT molecular complexity index is 663. The van der Waals surface area contributed by atoms with Gasteiger partial charge in [0.05, 0.1) is 12.2 Å². The van der Waals surface area contributed by atoms with E-state index in [1.807, 2.05) is 38.1 Å². The van der Waals surface area contributed by atoms with Crippen molar-refractivity contribution < 1.29 is 10.2 Å². The molecule has 2 aromatic carbocycles. The zero-order valence-electron chi connectivity index (χ0n) is 15.4. The molecule has 0 saturated carbocycles. The molecule has 2 nitrogen and oxygen atoms in total. The third-order valence-electron chi connectivity index (χ3n) is 4.34. The van der Waals surface area contributed by atoms with E-state index in [9.17, 15) is 10.2 Å². The van der Waals surface area contributed by atoms with E-state index in [0.29, 0.717) is 0 Å². The van der Waals surface area contributed by atoms with Crippen molar-refractivity contribution in [2.24, 2.45) is 0 Å². The van der Waals surface area contributed by atoms with Crippen LogP contribution in [0, 0.1) is 0 Å². The Morgan fingerprint density at radius 2 is 1.56 bits per heavy atom. The largest absolute Gasteiger partial charge is 0.392 e. The molecule has 2 heteroatoms. The second kappa shape index (κ2) is 9.55. The maximum absolute atomic E-state index is 9.71. The lowest BCUT2D eigenvalue weighted by atomic mass is 9.99. The molecule has 0 fully saturated rings. The van der Waals surface area contributed by atoms with Crippen molar-refractivity contribution in [3.8, 4) is 0 Å². The average molecular weight is 338 g/mol. The van der Waals surface area contributed by atoms with Gasteiger partial charge in [0.2, 0.25) is 0 Å². The van der Waals surface area contributed by atoms with Gasteiger partial charge in [0.1, 0.15) is 0 Å². The smallest absolute Gasteiger partial charge is 0.0682 e. The standard InChI is InChI=1S/C23H30O2/c1-23(2,25)16-5-3-4-7-19-10-12-20(13-11-19)14-15-21-8-6-9-22(17-21)18-24/h6,8-15,17,24-25H,3-5,7,16,18H2,1-2H3. The predicted molar refractivity (Wildman–Crippen MR) is 106 cm³/mol. The van der Waals surface area contributed by atoms with E-state index in [1.165, 1.54) is 17.5 Å². The van der Waals surface area contributed by atoms with Crippen molar-refractivity contribution in [3.63, 3.8) is 0 Å². The first-order valence-electron chi connectivity index (χ1n) is 9.15. The maximum atomic E-state index is 9.71. The Kier molecular flexibility index (Phi) is 7.42. The number of hydrogen-bond acceptors (Lipinski definition) is 2. The number of rotatable bonds is 9. The summed E-state index contributed by atoms with van der Waals surface area (Å²) in [5.74, 6) is 0. The second-order valence-electron chi connectivity index (χ2n) is 7.35. The Morgan fingerprint density at radius 1 is 0.840 bits per heavy atom. The third-order valence-corrected chi connectivity index (χ3v) is 4.34. The molecule has 0 aliphatic heterocycles. The van der Waals surface area contributed by atoms with Crippen molar-refractivity contribution in [2.75, 3.05) is 0 Å². The first kappa shape index (κ1) is 19.4. The second-order valence-corrected chi connectivity index (χ2v) is 7.35. The van der Waals surface area contributed by atoms with Gasteiger partial charge in [0.25, 0.3) is 0 Å². The van der Waals surface area contributed by atoms with Crippen LogP contribution in [0.2, 0.25) is 0 Å². The van der Waals surface area contributed by atoms with Gasteiger partial charge in [-0.25, -0.2) is 0 Å². The average Bonchev–Trinajstić information content (AvgIpc) is 2.60. The fourth-order valence-electron chi connectivity index (χ4n) is 2.85. The predicted octanol–water partition coefficient (Wildman–Crippen LogP) is 5.22. The molecule has 0 aliphatic rings. The highest BCUT2D eigenvalue weighted by atomic mass is 16.3. The summed E-state index contributed by atoms with van der Waals surface area (Å²) in [6.07, 6.45) is 9.54. The van der Waals surface area contributed by atoms with Gasteiger partial charge in [0.15, 0.2) is 0 Å². The Labute approximate surface area is 151 Å². The molecule has 0 heterocycles. The topological polar surface area (TPSA) is 40.5 Å².